The molecule has 4 unspecified atom stereocenters. The van der Waals surface area contributed by atoms with Crippen molar-refractivity contribution in [2.45, 2.75) is 29.1 Å². The average molecular weight is 594 g/mol. The minimum absolute atomic E-state index is 0.0440. The first-order valence-electron chi connectivity index (χ1n) is 13.4. The maximum absolute atomic E-state index is 14.0. The third-order valence-corrected chi connectivity index (χ3v) is 9.16. The second-order valence-electron chi connectivity index (χ2n) is 10.6. The quantitative estimate of drug-likeness (QED) is 0.190. The van der Waals surface area contributed by atoms with Crippen LogP contribution in [0, 0.1) is 11.8 Å². The molecule has 2 aliphatic rings. The third-order valence-electron chi connectivity index (χ3n) is 8.17. The zero-order valence-corrected chi connectivity index (χ0v) is 22.9. The topological polar surface area (TPSA) is 102 Å². The number of carboxylic acid groups (broad SMARTS) is 1. The Morgan fingerprint density at radius 3 is 2.45 bits per heavy atom. The van der Waals surface area contributed by atoms with Gasteiger partial charge < -0.3 is 10.1 Å². The number of thioether (sulfide) groups is 1. The number of benzene rings is 3. The number of likely N-dealkylation sites (tertiary alicyclic amines) is 1. The van der Waals surface area contributed by atoms with E-state index in [0.29, 0.717) is 11.3 Å². The van der Waals surface area contributed by atoms with Crippen molar-refractivity contribution < 1.29 is 32.7 Å². The number of aromatic nitrogens is 1. The molecule has 2 amide bonds. The molecule has 0 radical (unpaired) electrons. The molecule has 2 saturated heterocycles. The molecule has 3 aromatic carbocycles. The number of hydrogen-bond donors (Lipinski definition) is 3. The summed E-state index contributed by atoms with van der Waals surface area (Å²) in [5, 5.41) is 14.5. The summed E-state index contributed by atoms with van der Waals surface area (Å²) in [5.74, 6) is -4.70. The van der Waals surface area contributed by atoms with Crippen LogP contribution in [0.15, 0.2) is 90.0 Å². The molecule has 3 heterocycles. The van der Waals surface area contributed by atoms with Crippen LogP contribution in [-0.2, 0) is 27.0 Å². The van der Waals surface area contributed by atoms with Gasteiger partial charge >= 0.3 is 12.1 Å². The van der Waals surface area contributed by atoms with E-state index in [9.17, 15) is 32.7 Å². The van der Waals surface area contributed by atoms with Crippen LogP contribution in [0.3, 0.4) is 0 Å². The standard InChI is InChI=1S/C31H26F3N3O4S/c32-31(33,34)20-8-6-7-18(15-20)26-24-25(28(39)37(27(24)38)13-14-42-21-9-2-1-3-10-21)30(36-26,29(40)41)16-19-17-35-23-12-5-4-11-22(19)23/h1-12,15,17,24-26,35-36H,13-14,16H2,(H,40,41). The van der Waals surface area contributed by atoms with Gasteiger partial charge in [-0.1, -0.05) is 48.5 Å². The van der Waals surface area contributed by atoms with Crippen molar-refractivity contribution >= 4 is 40.4 Å². The molecule has 1 aromatic heterocycles. The monoisotopic (exact) mass is 593 g/mol. The molecule has 216 valence electrons. The van der Waals surface area contributed by atoms with E-state index in [1.54, 1.807) is 12.3 Å². The fourth-order valence-electron chi connectivity index (χ4n) is 6.26. The Balaban J connectivity index is 1.40. The first-order chi connectivity index (χ1) is 20.1. The van der Waals surface area contributed by atoms with Crippen LogP contribution >= 0.6 is 11.8 Å². The van der Waals surface area contributed by atoms with Crippen LogP contribution in [0.5, 0.6) is 0 Å². The molecule has 3 N–H and O–H groups in total. The first-order valence-corrected chi connectivity index (χ1v) is 14.3. The number of H-pyrrole nitrogens is 1. The fraction of sp³-hybridized carbons (Fsp3) is 0.258. The van der Waals surface area contributed by atoms with Crippen LogP contribution in [0.1, 0.15) is 22.7 Å². The largest absolute Gasteiger partial charge is 0.480 e. The van der Waals surface area contributed by atoms with Gasteiger partial charge in [0.25, 0.3) is 0 Å². The summed E-state index contributed by atoms with van der Waals surface area (Å²) in [4.78, 5) is 46.1. The minimum atomic E-state index is -4.64. The number of carbonyl (C=O) groups is 3. The van der Waals surface area contributed by atoms with Gasteiger partial charge in [0.15, 0.2) is 0 Å². The average Bonchev–Trinajstić information content (AvgIpc) is 3.62. The SMILES string of the molecule is O=C1C2C(c3cccc(C(F)(F)F)c3)NC(Cc3c[nH]c4ccccc34)(C(=O)O)C2C(=O)N1CCSc1ccccc1. The van der Waals surface area contributed by atoms with E-state index in [1.807, 2.05) is 48.5 Å². The third kappa shape index (κ3) is 4.76. The molecule has 11 heteroatoms. The molecular weight excluding hydrogens is 567 g/mol. The lowest BCUT2D eigenvalue weighted by molar-refractivity contribution is -0.151. The summed E-state index contributed by atoms with van der Waals surface area (Å²) in [6, 6.07) is 20.1. The smallest absolute Gasteiger partial charge is 0.416 e. The van der Waals surface area contributed by atoms with E-state index in [0.717, 1.165) is 32.8 Å². The van der Waals surface area contributed by atoms with Gasteiger partial charge in [0.05, 0.1) is 17.4 Å². The van der Waals surface area contributed by atoms with Gasteiger partial charge in [-0.15, -0.1) is 11.8 Å². The molecule has 42 heavy (non-hydrogen) atoms. The predicted octanol–water partition coefficient (Wildman–Crippen LogP) is 5.29. The number of alkyl halides is 3. The molecule has 4 atom stereocenters. The second-order valence-corrected chi connectivity index (χ2v) is 11.7. The Kier molecular flexibility index (Phi) is 7.10. The molecule has 0 aliphatic carbocycles. The van der Waals surface area contributed by atoms with Crippen LogP contribution in [0.2, 0.25) is 0 Å². The summed E-state index contributed by atoms with van der Waals surface area (Å²) < 4.78 is 40.9. The number of carboxylic acids is 1. The maximum Gasteiger partial charge on any atom is 0.416 e. The Morgan fingerprint density at radius 1 is 0.976 bits per heavy atom. The molecule has 0 bridgehead atoms. The fourth-order valence-corrected chi connectivity index (χ4v) is 7.12. The Bertz CT molecular complexity index is 1670. The second kappa shape index (κ2) is 10.6. The van der Waals surface area contributed by atoms with E-state index >= 15 is 0 Å². The summed E-state index contributed by atoms with van der Waals surface area (Å²) >= 11 is 1.45. The molecule has 2 aliphatic heterocycles. The number of fused-ring (bicyclic) bond motifs is 2. The molecule has 6 rings (SSSR count). The van der Waals surface area contributed by atoms with Gasteiger partial charge in [0.1, 0.15) is 5.54 Å². The van der Waals surface area contributed by atoms with Gasteiger partial charge in [0.2, 0.25) is 11.8 Å². The number of nitrogens with one attached hydrogen (secondary N) is 2. The van der Waals surface area contributed by atoms with Crippen molar-refractivity contribution in [1.29, 1.82) is 0 Å². The van der Waals surface area contributed by atoms with E-state index in [4.69, 9.17) is 0 Å². The maximum atomic E-state index is 14.0. The molecule has 4 aromatic rings. The molecule has 0 saturated carbocycles. The lowest BCUT2D eigenvalue weighted by atomic mass is 9.76. The van der Waals surface area contributed by atoms with Crippen molar-refractivity contribution in [3.05, 3.63) is 102 Å². The number of amides is 2. The zero-order valence-electron chi connectivity index (χ0n) is 22.1. The van der Waals surface area contributed by atoms with E-state index < -0.39 is 52.9 Å². The number of aromatic amines is 1. The number of para-hydroxylation sites is 1. The summed E-state index contributed by atoms with van der Waals surface area (Å²) in [7, 11) is 0. The van der Waals surface area contributed by atoms with Gasteiger partial charge in [-0.25, -0.2) is 0 Å². The lowest BCUT2D eigenvalue weighted by Crippen LogP contribution is -2.57. The summed E-state index contributed by atoms with van der Waals surface area (Å²) in [6.45, 7) is 0.0440. The highest BCUT2D eigenvalue weighted by Gasteiger charge is 2.68. The van der Waals surface area contributed by atoms with Crippen molar-refractivity contribution in [2.24, 2.45) is 11.8 Å². The molecule has 2 fully saturated rings. The van der Waals surface area contributed by atoms with Crippen molar-refractivity contribution in [3.63, 3.8) is 0 Å². The summed E-state index contributed by atoms with van der Waals surface area (Å²) in [6.07, 6.45) is -3.13. The van der Waals surface area contributed by atoms with Crippen molar-refractivity contribution in [2.75, 3.05) is 12.3 Å². The highest BCUT2D eigenvalue weighted by Crippen LogP contribution is 2.51. The molecular formula is C31H26F3N3O4S. The van der Waals surface area contributed by atoms with Crippen molar-refractivity contribution in [3.8, 4) is 0 Å². The van der Waals surface area contributed by atoms with Crippen molar-refractivity contribution in [1.82, 2.24) is 15.2 Å². The van der Waals surface area contributed by atoms with E-state index in [2.05, 4.69) is 10.3 Å². The lowest BCUT2D eigenvalue weighted by Gasteiger charge is -2.31. The van der Waals surface area contributed by atoms with Gasteiger partial charge in [-0.05, 0) is 41.5 Å². The predicted molar refractivity (Wildman–Crippen MR) is 151 cm³/mol. The number of aliphatic carboxylic acids is 1. The van der Waals surface area contributed by atoms with Crippen LogP contribution in [-0.4, -0.2) is 50.6 Å². The first kappa shape index (κ1) is 28.0. The number of carbonyl (C=O) groups excluding carboxylic acids is 2. The van der Waals surface area contributed by atoms with Gasteiger partial charge in [-0.2, -0.15) is 13.2 Å². The number of halogens is 3. The Hall–Kier alpha value is -4.09. The van der Waals surface area contributed by atoms with E-state index in [1.165, 1.54) is 23.9 Å². The number of nitrogens with zero attached hydrogens (tertiary/aromatic N) is 1. The highest BCUT2D eigenvalue weighted by molar-refractivity contribution is 7.99. The molecule has 7 nitrogen and oxygen atoms in total. The van der Waals surface area contributed by atoms with Crippen LogP contribution in [0.25, 0.3) is 10.9 Å². The normalized spacial score (nSPS) is 24.0. The van der Waals surface area contributed by atoms with Crippen LogP contribution in [0.4, 0.5) is 13.2 Å². The number of imide groups is 1. The zero-order chi connectivity index (χ0) is 29.6. The van der Waals surface area contributed by atoms with E-state index in [-0.39, 0.29) is 18.5 Å². The van der Waals surface area contributed by atoms with Gasteiger partial charge in [-0.3, -0.25) is 24.6 Å². The highest BCUT2D eigenvalue weighted by atomic mass is 32.2. The Labute approximate surface area is 243 Å². The van der Waals surface area contributed by atoms with Crippen LogP contribution < -0.4 is 5.32 Å². The number of rotatable bonds is 8. The summed E-state index contributed by atoms with van der Waals surface area (Å²) in [5.41, 5.74) is -1.38. The minimum Gasteiger partial charge on any atom is -0.480 e. The van der Waals surface area contributed by atoms with Gasteiger partial charge in [0, 0.05) is 46.8 Å². The molecule has 0 spiro atoms. The Morgan fingerprint density at radius 2 is 1.71 bits per heavy atom. The number of hydrogen-bond acceptors (Lipinski definition) is 5.